The lowest BCUT2D eigenvalue weighted by atomic mass is 9.91. The van der Waals surface area contributed by atoms with Crippen molar-refractivity contribution in [3.05, 3.63) is 106 Å². The Morgan fingerprint density at radius 2 is 1.42 bits per heavy atom. The lowest BCUT2D eigenvalue weighted by Gasteiger charge is -2.14. The number of aryl methyl sites for hydroxylation is 2. The van der Waals surface area contributed by atoms with Gasteiger partial charge in [-0.1, -0.05) is 94.5 Å². The van der Waals surface area contributed by atoms with Crippen molar-refractivity contribution < 1.29 is 4.74 Å². The molecule has 2 heterocycles. The van der Waals surface area contributed by atoms with E-state index in [0.717, 1.165) is 29.0 Å². The summed E-state index contributed by atoms with van der Waals surface area (Å²) in [5.74, 6) is 2.27. The Morgan fingerprint density at radius 1 is 0.763 bits per heavy atom. The highest BCUT2D eigenvalue weighted by atomic mass is 16.5. The summed E-state index contributed by atoms with van der Waals surface area (Å²) in [5, 5.41) is 2.54. The Hall–Kier alpha value is -4.04. The van der Waals surface area contributed by atoms with Crippen LogP contribution in [0.4, 0.5) is 0 Å². The predicted molar refractivity (Wildman–Crippen MR) is 166 cm³/mol. The van der Waals surface area contributed by atoms with Crippen LogP contribution >= 0.6 is 0 Å². The maximum atomic E-state index is 6.38. The zero-order chi connectivity index (χ0) is 26.8. The largest absolute Gasteiger partial charge is 0.456 e. The van der Waals surface area contributed by atoms with Crippen LogP contribution < -0.4 is 4.74 Å². The average Bonchev–Trinajstić information content (AvgIpc) is 3.09. The van der Waals surface area contributed by atoms with Crippen LogP contribution in [-0.4, -0.2) is 4.57 Å². The molecule has 0 N–H and O–H groups in total. The van der Waals surface area contributed by atoms with Gasteiger partial charge in [0, 0.05) is 40.5 Å². The number of benzene rings is 4. The molecule has 0 spiro atoms. The van der Waals surface area contributed by atoms with Crippen LogP contribution in [0.5, 0.6) is 11.5 Å². The fraction of sp³-hybridized carbons (Fsp3) is 0.222. The van der Waals surface area contributed by atoms with Gasteiger partial charge >= 0.3 is 0 Å². The van der Waals surface area contributed by atoms with Crippen LogP contribution in [0.1, 0.15) is 73.4 Å². The van der Waals surface area contributed by atoms with Gasteiger partial charge in [0.2, 0.25) is 0 Å². The molecule has 1 atom stereocenters. The van der Waals surface area contributed by atoms with Gasteiger partial charge in [-0.15, -0.1) is 0 Å². The van der Waals surface area contributed by atoms with Crippen LogP contribution in [0, 0.1) is 6.92 Å². The third kappa shape index (κ3) is 4.56. The van der Waals surface area contributed by atoms with Crippen molar-refractivity contribution in [2.24, 2.45) is 7.05 Å². The summed E-state index contributed by atoms with van der Waals surface area (Å²) < 4.78 is 8.69. The smallest absolute Gasteiger partial charge is 0.136 e. The van der Waals surface area contributed by atoms with Gasteiger partial charge in [0.05, 0.1) is 5.52 Å². The minimum atomic E-state index is 0.475. The van der Waals surface area contributed by atoms with E-state index in [1.165, 1.54) is 44.1 Å². The first-order valence-corrected chi connectivity index (χ1v) is 13.8. The zero-order valence-electron chi connectivity index (χ0n) is 23.4. The minimum absolute atomic E-state index is 0.475. The Morgan fingerprint density at radius 3 is 2.21 bits per heavy atom. The number of hydrogen-bond donors (Lipinski definition) is 0. The van der Waals surface area contributed by atoms with Gasteiger partial charge in [0.25, 0.3) is 0 Å². The molecule has 38 heavy (non-hydrogen) atoms. The molecule has 0 saturated heterocycles. The zero-order valence-corrected chi connectivity index (χ0v) is 23.4. The van der Waals surface area contributed by atoms with Crippen molar-refractivity contribution in [2.45, 2.75) is 47.0 Å². The van der Waals surface area contributed by atoms with E-state index in [2.05, 4.69) is 111 Å². The van der Waals surface area contributed by atoms with E-state index in [4.69, 9.17) is 4.74 Å². The summed E-state index contributed by atoms with van der Waals surface area (Å²) in [4.78, 5) is 0. The van der Waals surface area contributed by atoms with Gasteiger partial charge in [-0.3, -0.25) is 0 Å². The monoisotopic (exact) mass is 499 g/mol. The molecule has 0 aliphatic carbocycles. The number of nitrogens with zero attached hydrogens (tertiary/aromatic N) is 1. The van der Waals surface area contributed by atoms with E-state index in [-0.39, 0.29) is 0 Å². The second-order valence-corrected chi connectivity index (χ2v) is 9.94. The average molecular weight is 500 g/mol. The summed E-state index contributed by atoms with van der Waals surface area (Å²) in [6.45, 7) is 10.8. The van der Waals surface area contributed by atoms with Crippen LogP contribution in [0.25, 0.3) is 46.1 Å². The molecule has 0 saturated carbocycles. The molecule has 2 heteroatoms. The van der Waals surface area contributed by atoms with E-state index in [0.29, 0.717) is 5.92 Å². The SMILES string of the molecule is CC.CCC(C)c1cc2c(cc1/C=C\c1ccccc1C)c1cc3c(cc1n2C)Oc1ccccc1C=C3. The quantitative estimate of drug-likeness (QED) is 0.220. The normalized spacial score (nSPS) is 13.0. The Balaban J connectivity index is 0.00000144. The number of rotatable bonds is 4. The molecule has 0 amide bonds. The fourth-order valence-corrected chi connectivity index (χ4v) is 5.30. The van der Waals surface area contributed by atoms with E-state index in [1.807, 2.05) is 32.0 Å². The molecule has 1 aromatic heterocycles. The molecular weight excluding hydrogens is 462 g/mol. The van der Waals surface area contributed by atoms with Crippen molar-refractivity contribution in [3.8, 4) is 11.5 Å². The molecule has 4 aromatic carbocycles. The van der Waals surface area contributed by atoms with E-state index in [1.54, 1.807) is 0 Å². The molecule has 2 nitrogen and oxygen atoms in total. The maximum Gasteiger partial charge on any atom is 0.136 e. The number of fused-ring (bicyclic) bond motifs is 5. The van der Waals surface area contributed by atoms with Crippen molar-refractivity contribution in [3.63, 3.8) is 0 Å². The molecular formula is C36H37NO. The first-order chi connectivity index (χ1) is 18.5. The molecule has 0 bridgehead atoms. The second-order valence-electron chi connectivity index (χ2n) is 9.94. The van der Waals surface area contributed by atoms with Gasteiger partial charge in [0.1, 0.15) is 11.5 Å². The Bertz CT molecular complexity index is 1680. The Labute approximate surface area is 226 Å². The number of hydrogen-bond acceptors (Lipinski definition) is 1. The highest BCUT2D eigenvalue weighted by Crippen LogP contribution is 2.40. The summed E-state index contributed by atoms with van der Waals surface area (Å²) >= 11 is 0. The van der Waals surface area contributed by atoms with Gasteiger partial charge in [-0.25, -0.2) is 0 Å². The second kappa shape index (κ2) is 10.8. The van der Waals surface area contributed by atoms with Gasteiger partial charge in [-0.2, -0.15) is 0 Å². The van der Waals surface area contributed by atoms with Crippen molar-refractivity contribution in [1.29, 1.82) is 0 Å². The maximum absolute atomic E-state index is 6.38. The molecule has 0 fully saturated rings. The summed E-state index contributed by atoms with van der Waals surface area (Å²) in [6.07, 6.45) is 9.98. The fourth-order valence-electron chi connectivity index (χ4n) is 5.30. The number of ether oxygens (including phenoxy) is 1. The third-order valence-electron chi connectivity index (χ3n) is 7.70. The van der Waals surface area contributed by atoms with E-state index in [9.17, 15) is 0 Å². The number of para-hydroxylation sites is 1. The summed E-state index contributed by atoms with van der Waals surface area (Å²) in [7, 11) is 2.17. The van der Waals surface area contributed by atoms with E-state index >= 15 is 0 Å². The van der Waals surface area contributed by atoms with Crippen molar-refractivity contribution in [2.75, 3.05) is 0 Å². The topological polar surface area (TPSA) is 14.2 Å². The first-order valence-electron chi connectivity index (χ1n) is 13.8. The lowest BCUT2D eigenvalue weighted by Crippen LogP contribution is -1.97. The molecule has 1 aliphatic rings. The van der Waals surface area contributed by atoms with E-state index < -0.39 is 0 Å². The molecule has 0 radical (unpaired) electrons. The van der Waals surface area contributed by atoms with Crippen molar-refractivity contribution >= 4 is 46.1 Å². The molecule has 1 aliphatic heterocycles. The number of aromatic nitrogens is 1. The third-order valence-corrected chi connectivity index (χ3v) is 7.70. The molecule has 192 valence electrons. The molecule has 6 rings (SSSR count). The highest BCUT2D eigenvalue weighted by molar-refractivity contribution is 6.10. The molecule has 1 unspecified atom stereocenters. The first kappa shape index (κ1) is 25.6. The van der Waals surface area contributed by atoms with Crippen LogP contribution in [0.2, 0.25) is 0 Å². The summed E-state index contributed by atoms with van der Waals surface area (Å²) in [6, 6.07) is 26.0. The highest BCUT2D eigenvalue weighted by Gasteiger charge is 2.18. The predicted octanol–water partition coefficient (Wildman–Crippen LogP) is 10.6. The van der Waals surface area contributed by atoms with Crippen molar-refractivity contribution in [1.82, 2.24) is 4.57 Å². The standard InChI is InChI=1S/C34H31NO.C2H6/c1-5-22(2)28-20-31-29(18-26(28)16-14-24-11-7-6-10-23(24)3)30-19-27-17-15-25-12-8-9-13-33(25)36-34(27)21-32(30)35(31)4;1-2/h6-22H,5H2,1-4H3;1-2H3/b16-14-;. The van der Waals surface area contributed by atoms with Crippen LogP contribution in [0.15, 0.2) is 72.8 Å². The van der Waals surface area contributed by atoms with Gasteiger partial charge < -0.3 is 9.30 Å². The summed E-state index contributed by atoms with van der Waals surface area (Å²) in [5.41, 5.74) is 9.90. The van der Waals surface area contributed by atoms with Crippen LogP contribution in [0.3, 0.4) is 0 Å². The van der Waals surface area contributed by atoms with Crippen LogP contribution in [-0.2, 0) is 7.05 Å². The lowest BCUT2D eigenvalue weighted by molar-refractivity contribution is 0.482. The Kier molecular flexibility index (Phi) is 7.24. The minimum Gasteiger partial charge on any atom is -0.456 e. The molecule has 5 aromatic rings. The van der Waals surface area contributed by atoms with Gasteiger partial charge in [0.15, 0.2) is 0 Å². The van der Waals surface area contributed by atoms with Gasteiger partial charge in [-0.05, 0) is 65.8 Å².